The number of aromatic nitrogens is 2. The zero-order valence-corrected chi connectivity index (χ0v) is 19.8. The molecule has 1 aliphatic heterocycles. The average Bonchev–Trinajstić information content (AvgIpc) is 3.24. The molecule has 1 aliphatic rings. The van der Waals surface area contributed by atoms with Crippen molar-refractivity contribution in [3.63, 3.8) is 0 Å². The van der Waals surface area contributed by atoms with Gasteiger partial charge in [0.15, 0.2) is 5.96 Å². The molecule has 7 nitrogen and oxygen atoms in total. The van der Waals surface area contributed by atoms with Crippen LogP contribution in [0.4, 0.5) is 10.1 Å². The maximum atomic E-state index is 13.1. The van der Waals surface area contributed by atoms with Crippen LogP contribution in [0.3, 0.4) is 0 Å². The summed E-state index contributed by atoms with van der Waals surface area (Å²) in [4.78, 5) is 13.1. The Hall–Kier alpha value is -2.40. The van der Waals surface area contributed by atoms with E-state index in [2.05, 4.69) is 20.0 Å². The summed E-state index contributed by atoms with van der Waals surface area (Å²) in [5.74, 6) is 1.31. The highest BCUT2D eigenvalue weighted by Gasteiger charge is 2.18. The fourth-order valence-corrected chi connectivity index (χ4v) is 3.41. The molecular formula is C21H23ClFIN6O. The number of guanidine groups is 1. The lowest BCUT2D eigenvalue weighted by Gasteiger charge is -2.36. The number of anilines is 1. The number of hydrogen-bond acceptors (Lipinski definition) is 5. The van der Waals surface area contributed by atoms with Crippen LogP contribution >= 0.6 is 35.6 Å². The van der Waals surface area contributed by atoms with Gasteiger partial charge in [0.25, 0.3) is 0 Å². The second-order valence-electron chi connectivity index (χ2n) is 6.96. The van der Waals surface area contributed by atoms with Crippen LogP contribution in [-0.2, 0) is 6.42 Å². The van der Waals surface area contributed by atoms with Crippen LogP contribution in [0.1, 0.15) is 5.89 Å². The molecule has 1 saturated heterocycles. The van der Waals surface area contributed by atoms with Crippen molar-refractivity contribution in [2.24, 2.45) is 10.7 Å². The maximum absolute atomic E-state index is 13.1. The Bertz CT molecular complexity index is 1000. The minimum Gasteiger partial charge on any atom is -0.370 e. The first-order valence-corrected chi connectivity index (χ1v) is 10.1. The van der Waals surface area contributed by atoms with Gasteiger partial charge in [-0.1, -0.05) is 16.8 Å². The van der Waals surface area contributed by atoms with E-state index in [1.165, 1.54) is 12.1 Å². The van der Waals surface area contributed by atoms with Gasteiger partial charge < -0.3 is 20.1 Å². The Labute approximate surface area is 202 Å². The molecule has 164 valence electrons. The number of piperazine rings is 1. The molecule has 2 aromatic carbocycles. The minimum atomic E-state index is -0.227. The monoisotopic (exact) mass is 556 g/mol. The first-order chi connectivity index (χ1) is 14.6. The van der Waals surface area contributed by atoms with Gasteiger partial charge in [-0.25, -0.2) is 4.39 Å². The summed E-state index contributed by atoms with van der Waals surface area (Å²) < 4.78 is 18.4. The topological polar surface area (TPSA) is 83.8 Å². The molecule has 2 N–H and O–H groups in total. The number of halogens is 3. The summed E-state index contributed by atoms with van der Waals surface area (Å²) >= 11 is 5.90. The SMILES string of the molecule is I.NC(=NCCc1nc(-c2ccc(Cl)cc2)no1)N1CCN(c2ccc(F)cc2)CC1. The first-order valence-electron chi connectivity index (χ1n) is 9.72. The lowest BCUT2D eigenvalue weighted by molar-refractivity contribution is 0.374. The molecule has 0 radical (unpaired) electrons. The number of rotatable bonds is 5. The van der Waals surface area contributed by atoms with Gasteiger partial charge in [-0.15, -0.1) is 24.0 Å². The predicted octanol–water partition coefficient (Wildman–Crippen LogP) is 3.83. The predicted molar refractivity (Wildman–Crippen MR) is 131 cm³/mol. The molecule has 0 spiro atoms. The van der Waals surface area contributed by atoms with Gasteiger partial charge >= 0.3 is 0 Å². The Morgan fingerprint density at radius 1 is 1.06 bits per heavy atom. The quantitative estimate of drug-likeness (QED) is 0.292. The van der Waals surface area contributed by atoms with E-state index in [4.69, 9.17) is 21.9 Å². The maximum Gasteiger partial charge on any atom is 0.228 e. The van der Waals surface area contributed by atoms with E-state index in [1.807, 2.05) is 17.0 Å². The van der Waals surface area contributed by atoms with Crippen molar-refractivity contribution in [2.75, 3.05) is 37.6 Å². The molecule has 4 rings (SSSR count). The standard InChI is InChI=1S/C21H22ClFN6O.HI/c22-16-3-1-15(2-4-16)20-26-19(30-27-20)9-10-25-21(24)29-13-11-28(12-14-29)18-7-5-17(23)6-8-18;/h1-8H,9-14H2,(H2,24,25);1H. The number of benzene rings is 2. The molecule has 0 amide bonds. The molecular weight excluding hydrogens is 534 g/mol. The number of aliphatic imine (C=N–C) groups is 1. The van der Waals surface area contributed by atoms with Gasteiger partial charge in [-0.3, -0.25) is 4.99 Å². The molecule has 0 bridgehead atoms. The Kier molecular flexibility index (Phi) is 8.08. The first kappa shape index (κ1) is 23.3. The van der Waals surface area contributed by atoms with E-state index < -0.39 is 0 Å². The highest BCUT2D eigenvalue weighted by molar-refractivity contribution is 14.0. The zero-order chi connectivity index (χ0) is 20.9. The van der Waals surface area contributed by atoms with Crippen LogP contribution in [0.25, 0.3) is 11.4 Å². The van der Waals surface area contributed by atoms with Crippen molar-refractivity contribution >= 4 is 47.2 Å². The summed E-state index contributed by atoms with van der Waals surface area (Å²) in [6, 6.07) is 13.8. The van der Waals surface area contributed by atoms with Crippen molar-refractivity contribution < 1.29 is 8.91 Å². The number of nitrogens with two attached hydrogens (primary N) is 1. The van der Waals surface area contributed by atoms with Crippen molar-refractivity contribution in [1.82, 2.24) is 15.0 Å². The van der Waals surface area contributed by atoms with Gasteiger partial charge in [0.2, 0.25) is 11.7 Å². The molecule has 0 unspecified atom stereocenters. The highest BCUT2D eigenvalue weighted by Crippen LogP contribution is 2.19. The third-order valence-electron chi connectivity index (χ3n) is 4.97. The normalized spacial score (nSPS) is 14.5. The van der Waals surface area contributed by atoms with Crippen LogP contribution in [-0.4, -0.2) is 53.7 Å². The van der Waals surface area contributed by atoms with Gasteiger partial charge in [0, 0.05) is 48.9 Å². The molecule has 1 aromatic heterocycles. The molecule has 10 heteroatoms. The van der Waals surface area contributed by atoms with E-state index in [-0.39, 0.29) is 29.8 Å². The fraction of sp³-hybridized carbons (Fsp3) is 0.286. The van der Waals surface area contributed by atoms with E-state index in [1.54, 1.807) is 24.3 Å². The van der Waals surface area contributed by atoms with Crippen LogP contribution < -0.4 is 10.6 Å². The zero-order valence-electron chi connectivity index (χ0n) is 16.7. The van der Waals surface area contributed by atoms with Crippen molar-refractivity contribution in [3.8, 4) is 11.4 Å². The summed E-state index contributed by atoms with van der Waals surface area (Å²) in [5, 5.41) is 4.66. The van der Waals surface area contributed by atoms with Crippen molar-refractivity contribution in [3.05, 3.63) is 65.3 Å². The second-order valence-corrected chi connectivity index (χ2v) is 7.40. The van der Waals surface area contributed by atoms with Crippen molar-refractivity contribution in [1.29, 1.82) is 0 Å². The van der Waals surface area contributed by atoms with Gasteiger partial charge in [-0.05, 0) is 48.5 Å². The Morgan fingerprint density at radius 2 is 1.74 bits per heavy atom. The lowest BCUT2D eigenvalue weighted by Crippen LogP contribution is -2.51. The van der Waals surface area contributed by atoms with Crippen molar-refractivity contribution in [2.45, 2.75) is 6.42 Å². The minimum absolute atomic E-state index is 0. The smallest absolute Gasteiger partial charge is 0.228 e. The molecule has 1 fully saturated rings. The van der Waals surface area contributed by atoms with E-state index in [0.717, 1.165) is 37.4 Å². The Balaban J connectivity index is 0.00000272. The highest BCUT2D eigenvalue weighted by atomic mass is 127. The Morgan fingerprint density at radius 3 is 2.42 bits per heavy atom. The summed E-state index contributed by atoms with van der Waals surface area (Å²) in [5.41, 5.74) is 8.01. The van der Waals surface area contributed by atoms with Crippen LogP contribution in [0.15, 0.2) is 58.0 Å². The third kappa shape index (κ3) is 6.07. The molecule has 0 saturated carbocycles. The van der Waals surface area contributed by atoms with Gasteiger partial charge in [-0.2, -0.15) is 4.98 Å². The van der Waals surface area contributed by atoms with E-state index in [0.29, 0.717) is 35.7 Å². The molecule has 0 aliphatic carbocycles. The van der Waals surface area contributed by atoms with E-state index in [9.17, 15) is 4.39 Å². The summed E-state index contributed by atoms with van der Waals surface area (Å²) in [6.45, 7) is 3.58. The summed E-state index contributed by atoms with van der Waals surface area (Å²) in [7, 11) is 0. The third-order valence-corrected chi connectivity index (χ3v) is 5.22. The molecule has 2 heterocycles. The molecule has 0 atom stereocenters. The van der Waals surface area contributed by atoms with E-state index >= 15 is 0 Å². The van der Waals surface area contributed by atoms with Crippen LogP contribution in [0.5, 0.6) is 0 Å². The van der Waals surface area contributed by atoms with Crippen LogP contribution in [0, 0.1) is 5.82 Å². The largest absolute Gasteiger partial charge is 0.370 e. The average molecular weight is 557 g/mol. The lowest BCUT2D eigenvalue weighted by atomic mass is 10.2. The molecule has 31 heavy (non-hydrogen) atoms. The summed E-state index contributed by atoms with van der Waals surface area (Å²) in [6.07, 6.45) is 0.511. The van der Waals surface area contributed by atoms with Crippen LogP contribution in [0.2, 0.25) is 5.02 Å². The van der Waals surface area contributed by atoms with Gasteiger partial charge in [0.1, 0.15) is 5.82 Å². The van der Waals surface area contributed by atoms with Gasteiger partial charge in [0.05, 0.1) is 6.54 Å². The fourth-order valence-electron chi connectivity index (χ4n) is 3.28. The number of nitrogens with zero attached hydrogens (tertiary/aromatic N) is 5. The second kappa shape index (κ2) is 10.8. The number of hydrogen-bond donors (Lipinski definition) is 1. The molecule has 3 aromatic rings.